The van der Waals surface area contributed by atoms with E-state index in [1.54, 1.807) is 5.70 Å². The zero-order valence-corrected chi connectivity index (χ0v) is 10.6. The summed E-state index contributed by atoms with van der Waals surface area (Å²) in [6.45, 7) is 5.27. The maximum atomic E-state index is 6.03. The highest BCUT2D eigenvalue weighted by molar-refractivity contribution is 7.47. The van der Waals surface area contributed by atoms with Gasteiger partial charge in [0.25, 0.3) is 6.69 Å². The van der Waals surface area contributed by atoms with Crippen molar-refractivity contribution in [2.24, 2.45) is 0 Å². The summed E-state index contributed by atoms with van der Waals surface area (Å²) in [7, 11) is 0. The topological polar surface area (TPSA) is 0 Å². The molecule has 0 N–H and O–H groups in total. The minimum atomic E-state index is -2.06. The van der Waals surface area contributed by atoms with Crippen LogP contribution in [0.25, 0.3) is 0 Å². The molecule has 0 aromatic heterocycles. The highest BCUT2D eigenvalue weighted by Crippen LogP contribution is 2.24. The maximum Gasteiger partial charge on any atom is 0.273 e. The van der Waals surface area contributed by atoms with E-state index >= 15 is 0 Å². The van der Waals surface area contributed by atoms with Crippen molar-refractivity contribution >= 4 is 28.9 Å². The van der Waals surface area contributed by atoms with Gasteiger partial charge in [0.15, 0.2) is 0 Å². The van der Waals surface area contributed by atoms with Gasteiger partial charge in [-0.1, -0.05) is 31.0 Å². The zero-order valence-electron chi connectivity index (χ0n) is 8.07. The van der Waals surface area contributed by atoms with Crippen molar-refractivity contribution < 1.29 is 0 Å². The summed E-state index contributed by atoms with van der Waals surface area (Å²) in [5.41, 5.74) is 1.74. The van der Waals surface area contributed by atoms with Gasteiger partial charge in [0, 0.05) is 0 Å². The highest BCUT2D eigenvalue weighted by atomic mass is 35.7. The Bertz CT molecular complexity index is 155. The van der Waals surface area contributed by atoms with Crippen LogP contribution in [0.3, 0.4) is 0 Å². The molecule has 0 aliphatic rings. The molecule has 0 bridgehead atoms. The molecular weight excluding hydrogens is 219 g/mol. The first-order valence-corrected chi connectivity index (χ1v) is 9.05. The molecule has 0 aromatic rings. The van der Waals surface area contributed by atoms with Crippen molar-refractivity contribution in [2.45, 2.75) is 38.1 Å². The Balaban J connectivity index is 3.25. The second-order valence-electron chi connectivity index (χ2n) is 3.21. The third-order valence-electron chi connectivity index (χ3n) is 1.97. The van der Waals surface area contributed by atoms with E-state index in [-0.39, 0.29) is 0 Å². The van der Waals surface area contributed by atoms with Gasteiger partial charge >= 0.3 is 0 Å². The first kappa shape index (κ1) is 13.3. The lowest BCUT2D eigenvalue weighted by atomic mass is 10.1. The van der Waals surface area contributed by atoms with Crippen LogP contribution in [-0.2, 0) is 0 Å². The van der Waals surface area contributed by atoms with Gasteiger partial charge in [-0.3, -0.25) is 0 Å². The van der Waals surface area contributed by atoms with Gasteiger partial charge in [-0.25, -0.2) is 0 Å². The number of hydrogen-bond acceptors (Lipinski definition) is 0. The van der Waals surface area contributed by atoms with Crippen molar-refractivity contribution in [3.63, 3.8) is 0 Å². The van der Waals surface area contributed by atoms with Crippen LogP contribution in [0, 0.1) is 0 Å². The Morgan fingerprint density at radius 3 is 2.15 bits per heavy atom. The van der Waals surface area contributed by atoms with E-state index < -0.39 is 6.69 Å². The van der Waals surface area contributed by atoms with Crippen molar-refractivity contribution in [2.75, 3.05) is 0 Å². The zero-order chi connectivity index (χ0) is 10.2. The van der Waals surface area contributed by atoms with Gasteiger partial charge in [-0.05, 0) is 18.9 Å². The summed E-state index contributed by atoms with van der Waals surface area (Å²) in [6, 6.07) is 0.938. The molecule has 0 heterocycles. The Kier molecular flexibility index (Phi) is 7.82. The van der Waals surface area contributed by atoms with Gasteiger partial charge in [0.05, 0.1) is 0 Å². The van der Waals surface area contributed by atoms with Gasteiger partial charge in [0.2, 0.25) is 0 Å². The fourth-order valence-electron chi connectivity index (χ4n) is 1.10. The number of allylic oxidation sites excluding steroid dienone is 1. The van der Waals surface area contributed by atoms with Gasteiger partial charge in [-0.2, -0.15) is 0 Å². The molecule has 0 rings (SSSR count). The van der Waals surface area contributed by atoms with E-state index in [0.29, 0.717) is 0 Å². The SMILES string of the molecule is C=CCCCCCC[Si](Cl)(Cl)C=C. The number of halogens is 2. The van der Waals surface area contributed by atoms with E-state index in [1.807, 2.05) is 6.08 Å². The number of hydrogen-bond donors (Lipinski definition) is 0. The molecule has 0 aliphatic carbocycles. The van der Waals surface area contributed by atoms with Gasteiger partial charge < -0.3 is 0 Å². The maximum absolute atomic E-state index is 6.03. The lowest BCUT2D eigenvalue weighted by Gasteiger charge is -2.10. The fourth-order valence-corrected chi connectivity index (χ4v) is 2.83. The van der Waals surface area contributed by atoms with Crippen LogP contribution < -0.4 is 0 Å². The summed E-state index contributed by atoms with van der Waals surface area (Å²) >= 11 is 12.1. The normalized spacial score (nSPS) is 11.2. The molecular formula is C10H18Cl2Si. The first-order chi connectivity index (χ1) is 6.12. The minimum Gasteiger partial charge on any atom is -0.140 e. The van der Waals surface area contributed by atoms with Crippen LogP contribution in [0.4, 0.5) is 0 Å². The predicted octanol–water partition coefficient (Wildman–Crippen LogP) is 4.77. The standard InChI is InChI=1S/C10H18Cl2Si/c1-3-5-6-7-8-9-10-13(11,12)4-2/h3-4H,1-2,5-10H2. The van der Waals surface area contributed by atoms with Crippen molar-refractivity contribution in [1.29, 1.82) is 0 Å². The molecule has 13 heavy (non-hydrogen) atoms. The third kappa shape index (κ3) is 8.60. The Morgan fingerprint density at radius 1 is 1.00 bits per heavy atom. The summed E-state index contributed by atoms with van der Waals surface area (Å²) in [4.78, 5) is 0. The molecule has 0 radical (unpaired) electrons. The Labute approximate surface area is 92.0 Å². The molecule has 0 aliphatic heterocycles. The molecule has 0 saturated heterocycles. The van der Waals surface area contributed by atoms with Crippen molar-refractivity contribution in [3.05, 3.63) is 24.9 Å². The first-order valence-electron chi connectivity index (χ1n) is 4.74. The molecule has 0 unspecified atom stereocenters. The summed E-state index contributed by atoms with van der Waals surface area (Å²) in [5, 5.41) is 0. The highest BCUT2D eigenvalue weighted by Gasteiger charge is 2.22. The Morgan fingerprint density at radius 2 is 1.62 bits per heavy atom. The van der Waals surface area contributed by atoms with E-state index in [1.165, 1.54) is 19.3 Å². The summed E-state index contributed by atoms with van der Waals surface area (Å²) < 4.78 is 0. The van der Waals surface area contributed by atoms with Crippen LogP contribution in [0.2, 0.25) is 6.04 Å². The monoisotopic (exact) mass is 236 g/mol. The minimum absolute atomic E-state index is 0.938. The van der Waals surface area contributed by atoms with Crippen LogP contribution in [-0.4, -0.2) is 6.69 Å². The smallest absolute Gasteiger partial charge is 0.140 e. The second kappa shape index (κ2) is 7.66. The molecule has 0 spiro atoms. The second-order valence-corrected chi connectivity index (χ2v) is 10.3. The van der Waals surface area contributed by atoms with E-state index in [2.05, 4.69) is 13.2 Å². The van der Waals surface area contributed by atoms with Crippen LogP contribution >= 0.6 is 22.2 Å². The Hall–Kier alpha value is 0.277. The van der Waals surface area contributed by atoms with Gasteiger partial charge in [0.1, 0.15) is 0 Å². The van der Waals surface area contributed by atoms with Gasteiger partial charge in [-0.15, -0.1) is 35.3 Å². The molecule has 0 atom stereocenters. The number of unbranched alkanes of at least 4 members (excludes halogenated alkanes) is 4. The van der Waals surface area contributed by atoms with Crippen molar-refractivity contribution in [1.82, 2.24) is 0 Å². The molecule has 0 fully saturated rings. The largest absolute Gasteiger partial charge is 0.273 e. The molecule has 3 heteroatoms. The average Bonchev–Trinajstić information content (AvgIpc) is 2.11. The van der Waals surface area contributed by atoms with E-state index in [9.17, 15) is 0 Å². The lowest BCUT2D eigenvalue weighted by molar-refractivity contribution is 0.673. The summed E-state index contributed by atoms with van der Waals surface area (Å²) in [5.74, 6) is 0. The van der Waals surface area contributed by atoms with Crippen LogP contribution in [0.15, 0.2) is 24.9 Å². The van der Waals surface area contributed by atoms with E-state index in [0.717, 1.165) is 18.9 Å². The molecule has 0 amide bonds. The third-order valence-corrected chi connectivity index (χ3v) is 5.64. The molecule has 0 saturated carbocycles. The van der Waals surface area contributed by atoms with E-state index in [4.69, 9.17) is 22.2 Å². The predicted molar refractivity (Wildman–Crippen MR) is 65.7 cm³/mol. The van der Waals surface area contributed by atoms with Crippen LogP contribution in [0.1, 0.15) is 32.1 Å². The molecule has 0 aromatic carbocycles. The average molecular weight is 237 g/mol. The molecule has 0 nitrogen and oxygen atoms in total. The van der Waals surface area contributed by atoms with Crippen molar-refractivity contribution in [3.8, 4) is 0 Å². The fraction of sp³-hybridized carbons (Fsp3) is 0.600. The molecule has 76 valence electrons. The summed E-state index contributed by atoms with van der Waals surface area (Å²) in [6.07, 6.45) is 7.91. The lowest BCUT2D eigenvalue weighted by Crippen LogP contribution is -2.14. The quantitative estimate of drug-likeness (QED) is 0.247. The van der Waals surface area contributed by atoms with Crippen LogP contribution in [0.5, 0.6) is 0 Å². The number of rotatable bonds is 8.